The predicted molar refractivity (Wildman–Crippen MR) is 85.2 cm³/mol. The van der Waals surface area contributed by atoms with E-state index in [1.807, 2.05) is 12.1 Å². The molecule has 0 saturated heterocycles. The van der Waals surface area contributed by atoms with Crippen molar-refractivity contribution in [1.82, 2.24) is 0 Å². The molecule has 0 saturated carbocycles. The van der Waals surface area contributed by atoms with Crippen molar-refractivity contribution < 1.29 is 4.43 Å². The molecule has 0 spiro atoms. The van der Waals surface area contributed by atoms with E-state index in [0.717, 1.165) is 11.4 Å². The summed E-state index contributed by atoms with van der Waals surface area (Å²) in [6, 6.07) is 11.8. The average molecular weight is 295 g/mol. The fourth-order valence-electron chi connectivity index (χ4n) is 2.65. The summed E-state index contributed by atoms with van der Waals surface area (Å²) in [7, 11) is -1.48. The van der Waals surface area contributed by atoms with Crippen LogP contribution in [0.15, 0.2) is 36.1 Å². The van der Waals surface area contributed by atoms with Gasteiger partial charge in [0.25, 0.3) is 0 Å². The van der Waals surface area contributed by atoms with Gasteiger partial charge in [-0.25, -0.2) is 0 Å². The Morgan fingerprint density at radius 1 is 1.11 bits per heavy atom. The van der Waals surface area contributed by atoms with Crippen LogP contribution in [0.2, 0.25) is 23.2 Å². The lowest BCUT2D eigenvalue weighted by molar-refractivity contribution is 0.349. The summed E-state index contributed by atoms with van der Waals surface area (Å²) in [5.41, 5.74) is 1.34. The first-order chi connectivity index (χ1) is 9.12. The minimum absolute atomic E-state index is 0.518. The zero-order valence-electron chi connectivity index (χ0n) is 12.1. The minimum Gasteiger partial charge on any atom is -0.547 e. The molecular weight excluding hydrogens is 272 g/mol. The van der Waals surface area contributed by atoms with E-state index in [4.69, 9.17) is 16.0 Å². The Labute approximate surface area is 122 Å². The maximum absolute atomic E-state index is 6.37. The monoisotopic (exact) mass is 294 g/mol. The van der Waals surface area contributed by atoms with Gasteiger partial charge in [-0.3, -0.25) is 0 Å². The van der Waals surface area contributed by atoms with E-state index in [9.17, 15) is 0 Å². The summed E-state index contributed by atoms with van der Waals surface area (Å²) in [6.07, 6.45) is 3.34. The van der Waals surface area contributed by atoms with Crippen molar-refractivity contribution in [3.05, 3.63) is 46.7 Å². The zero-order valence-corrected chi connectivity index (χ0v) is 13.8. The van der Waals surface area contributed by atoms with E-state index in [1.54, 1.807) is 0 Å². The molecule has 0 heterocycles. The Hall–Kier alpha value is -0.733. The average Bonchev–Trinajstić information content (AvgIpc) is 2.40. The van der Waals surface area contributed by atoms with Gasteiger partial charge in [0, 0.05) is 17.4 Å². The van der Waals surface area contributed by atoms with Gasteiger partial charge >= 0.3 is 0 Å². The molecule has 0 amide bonds. The summed E-state index contributed by atoms with van der Waals surface area (Å²) in [5, 5.41) is 0.804. The molecule has 0 bridgehead atoms. The second-order valence-electron chi connectivity index (χ2n) is 5.34. The summed E-state index contributed by atoms with van der Waals surface area (Å²) >= 11 is 5.92. The molecule has 2 rings (SSSR count). The summed E-state index contributed by atoms with van der Waals surface area (Å²) < 4.78 is 6.37. The Kier molecular flexibility index (Phi) is 4.75. The van der Waals surface area contributed by atoms with Gasteiger partial charge in [-0.15, -0.1) is 0 Å². The molecule has 0 radical (unpaired) electrons. The van der Waals surface area contributed by atoms with E-state index < -0.39 is 8.32 Å². The molecule has 1 aromatic carbocycles. The lowest BCUT2D eigenvalue weighted by atomic mass is 9.86. The van der Waals surface area contributed by atoms with Gasteiger partial charge in [0.1, 0.15) is 0 Å². The van der Waals surface area contributed by atoms with Crippen LogP contribution >= 0.6 is 11.6 Å². The zero-order chi connectivity index (χ0) is 13.9. The number of hydrogen-bond donors (Lipinski definition) is 0. The van der Waals surface area contributed by atoms with Gasteiger partial charge in [0.05, 0.1) is 5.76 Å². The highest BCUT2D eigenvalue weighted by atomic mass is 35.5. The molecular formula is C16H23ClOSi. The third-order valence-corrected chi connectivity index (χ3v) is 9.20. The SMILES string of the molecule is CC[Si](CC)(CC)OC1=CC(c2ccc(Cl)cc2)C1. The topological polar surface area (TPSA) is 9.23 Å². The van der Waals surface area contributed by atoms with Crippen LogP contribution in [0, 0.1) is 0 Å². The van der Waals surface area contributed by atoms with Crippen LogP contribution in [-0.4, -0.2) is 8.32 Å². The van der Waals surface area contributed by atoms with Gasteiger partial charge in [-0.1, -0.05) is 44.5 Å². The van der Waals surface area contributed by atoms with Crippen LogP contribution < -0.4 is 0 Å². The van der Waals surface area contributed by atoms with Crippen molar-refractivity contribution >= 4 is 19.9 Å². The second-order valence-corrected chi connectivity index (χ2v) is 10.5. The van der Waals surface area contributed by atoms with Gasteiger partial charge < -0.3 is 4.43 Å². The summed E-state index contributed by atoms with van der Waals surface area (Å²) in [5.74, 6) is 1.74. The van der Waals surface area contributed by atoms with Crippen molar-refractivity contribution in [1.29, 1.82) is 0 Å². The lowest BCUT2D eigenvalue weighted by Crippen LogP contribution is -2.36. The predicted octanol–water partition coefficient (Wildman–Crippen LogP) is 5.73. The lowest BCUT2D eigenvalue weighted by Gasteiger charge is -2.35. The smallest absolute Gasteiger partial charge is 0.250 e. The summed E-state index contributed by atoms with van der Waals surface area (Å²) in [4.78, 5) is 0. The van der Waals surface area contributed by atoms with Crippen LogP contribution in [-0.2, 0) is 4.43 Å². The van der Waals surface area contributed by atoms with Crippen LogP contribution in [0.1, 0.15) is 38.7 Å². The second kappa shape index (κ2) is 6.15. The van der Waals surface area contributed by atoms with Gasteiger partial charge in [-0.05, 0) is 41.9 Å². The molecule has 19 heavy (non-hydrogen) atoms. The van der Waals surface area contributed by atoms with E-state index in [0.29, 0.717) is 5.92 Å². The highest BCUT2D eigenvalue weighted by molar-refractivity contribution is 6.73. The fraction of sp³-hybridized carbons (Fsp3) is 0.500. The quantitative estimate of drug-likeness (QED) is 0.609. The molecule has 1 unspecified atom stereocenters. The molecule has 104 valence electrons. The van der Waals surface area contributed by atoms with Gasteiger partial charge in [-0.2, -0.15) is 0 Å². The van der Waals surface area contributed by atoms with Crippen molar-refractivity contribution in [2.75, 3.05) is 0 Å². The third kappa shape index (κ3) is 3.24. The first kappa shape index (κ1) is 14.7. The molecule has 1 atom stereocenters. The molecule has 1 aliphatic rings. The van der Waals surface area contributed by atoms with Crippen LogP contribution in [0.5, 0.6) is 0 Å². The molecule has 0 fully saturated rings. The largest absolute Gasteiger partial charge is 0.547 e. The summed E-state index contributed by atoms with van der Waals surface area (Å²) in [6.45, 7) is 6.82. The van der Waals surface area contributed by atoms with Crippen LogP contribution in [0.4, 0.5) is 0 Å². The molecule has 1 aliphatic carbocycles. The van der Waals surface area contributed by atoms with E-state index in [1.165, 1.54) is 29.5 Å². The molecule has 3 heteroatoms. The third-order valence-electron chi connectivity index (χ3n) is 4.39. The first-order valence-electron chi connectivity index (χ1n) is 7.27. The molecule has 1 aromatic rings. The van der Waals surface area contributed by atoms with E-state index >= 15 is 0 Å². The standard InChI is InChI=1S/C16H23ClOSi/c1-4-19(5-2,6-3)18-16-11-14(12-16)13-7-9-15(17)10-8-13/h7-11,14H,4-6,12H2,1-3H3. The maximum atomic E-state index is 6.37. The highest BCUT2D eigenvalue weighted by Gasteiger charge is 2.34. The normalized spacial score (nSPS) is 18.7. The number of hydrogen-bond acceptors (Lipinski definition) is 1. The van der Waals surface area contributed by atoms with Crippen LogP contribution in [0.3, 0.4) is 0 Å². The van der Waals surface area contributed by atoms with E-state index in [2.05, 4.69) is 39.0 Å². The Morgan fingerprint density at radius 3 is 2.11 bits per heavy atom. The van der Waals surface area contributed by atoms with E-state index in [-0.39, 0.29) is 0 Å². The van der Waals surface area contributed by atoms with Crippen molar-refractivity contribution in [2.24, 2.45) is 0 Å². The highest BCUT2D eigenvalue weighted by Crippen LogP contribution is 2.39. The van der Waals surface area contributed by atoms with Crippen molar-refractivity contribution in [2.45, 2.75) is 51.2 Å². The number of benzene rings is 1. The number of rotatable bonds is 6. The van der Waals surface area contributed by atoms with Gasteiger partial charge in [0.2, 0.25) is 8.32 Å². The molecule has 0 N–H and O–H groups in total. The Balaban J connectivity index is 2.00. The first-order valence-corrected chi connectivity index (χ1v) is 10.2. The maximum Gasteiger partial charge on any atom is 0.250 e. The van der Waals surface area contributed by atoms with Crippen molar-refractivity contribution in [3.63, 3.8) is 0 Å². The minimum atomic E-state index is -1.48. The molecule has 1 nitrogen and oxygen atoms in total. The molecule has 0 aliphatic heterocycles. The number of halogens is 1. The Morgan fingerprint density at radius 2 is 1.63 bits per heavy atom. The fourth-order valence-corrected chi connectivity index (χ4v) is 5.42. The molecule has 0 aromatic heterocycles. The Bertz CT molecular complexity index is 440. The van der Waals surface area contributed by atoms with Gasteiger partial charge in [0.15, 0.2) is 0 Å². The number of allylic oxidation sites excluding steroid dienone is 2. The van der Waals surface area contributed by atoms with Crippen molar-refractivity contribution in [3.8, 4) is 0 Å². The van der Waals surface area contributed by atoms with Crippen LogP contribution in [0.25, 0.3) is 0 Å².